The normalized spacial score (nSPS) is 15.9. The number of non-ortho nitro benzene ring substituents is 1. The lowest BCUT2D eigenvalue weighted by Crippen LogP contribution is -2.43. The number of nitro groups is 1. The van der Waals surface area contributed by atoms with Crippen LogP contribution in [0, 0.1) is 10.1 Å². The molecule has 5 nitrogen and oxygen atoms in total. The number of nitrogens with zero attached hydrogens (tertiary/aromatic N) is 2. The molecule has 1 heterocycles. The van der Waals surface area contributed by atoms with E-state index in [-0.39, 0.29) is 22.8 Å². The van der Waals surface area contributed by atoms with Gasteiger partial charge in [0.25, 0.3) is 5.69 Å². The first kappa shape index (κ1) is 12.0. The minimum atomic E-state index is -0.375. The summed E-state index contributed by atoms with van der Waals surface area (Å²) in [5.74, 6) is 0. The Labute approximate surface area is 99.8 Å². The summed E-state index contributed by atoms with van der Waals surface area (Å²) in [5.41, 5.74) is 1.93. The second kappa shape index (κ2) is 4.09. The van der Waals surface area contributed by atoms with Crippen LogP contribution < -0.4 is 0 Å². The number of hydrogen-bond acceptors (Lipinski definition) is 4. The summed E-state index contributed by atoms with van der Waals surface area (Å²) < 4.78 is 0. The third kappa shape index (κ3) is 2.16. The number of aliphatic hydroxyl groups excluding tert-OH is 1. The van der Waals surface area contributed by atoms with Crippen LogP contribution in [0.4, 0.5) is 5.69 Å². The molecule has 1 aliphatic heterocycles. The number of hydrogen-bond donors (Lipinski definition) is 1. The van der Waals surface area contributed by atoms with Crippen molar-refractivity contribution in [2.75, 3.05) is 6.61 Å². The minimum absolute atomic E-state index is 0.0725. The van der Waals surface area contributed by atoms with Crippen molar-refractivity contribution in [3.8, 4) is 0 Å². The lowest BCUT2D eigenvalue weighted by molar-refractivity contribution is -0.384. The molecular weight excluding hydrogens is 220 g/mol. The molecule has 1 aromatic carbocycles. The zero-order valence-electron chi connectivity index (χ0n) is 10.0. The molecule has 0 amide bonds. The van der Waals surface area contributed by atoms with Gasteiger partial charge in [0.05, 0.1) is 11.5 Å². The Morgan fingerprint density at radius 2 is 2.06 bits per heavy atom. The van der Waals surface area contributed by atoms with Crippen molar-refractivity contribution in [1.29, 1.82) is 0 Å². The Hall–Kier alpha value is -1.46. The monoisotopic (exact) mass is 236 g/mol. The van der Waals surface area contributed by atoms with Gasteiger partial charge < -0.3 is 5.11 Å². The molecule has 0 saturated carbocycles. The van der Waals surface area contributed by atoms with Crippen molar-refractivity contribution in [3.63, 3.8) is 0 Å². The summed E-state index contributed by atoms with van der Waals surface area (Å²) in [4.78, 5) is 12.4. The minimum Gasteiger partial charge on any atom is -0.394 e. The van der Waals surface area contributed by atoms with Gasteiger partial charge in [-0.15, -0.1) is 0 Å². The molecule has 0 spiro atoms. The van der Waals surface area contributed by atoms with Crippen LogP contribution in [-0.2, 0) is 13.1 Å². The number of nitro benzene ring substituents is 1. The fourth-order valence-corrected chi connectivity index (χ4v) is 2.02. The molecule has 17 heavy (non-hydrogen) atoms. The third-order valence-corrected chi connectivity index (χ3v) is 3.37. The summed E-state index contributed by atoms with van der Waals surface area (Å²) >= 11 is 0. The van der Waals surface area contributed by atoms with Gasteiger partial charge in [-0.25, -0.2) is 0 Å². The molecule has 0 aromatic heterocycles. The molecule has 1 N–H and O–H groups in total. The van der Waals surface area contributed by atoms with E-state index in [9.17, 15) is 15.2 Å². The maximum absolute atomic E-state index is 10.7. The zero-order chi connectivity index (χ0) is 12.6. The summed E-state index contributed by atoms with van der Waals surface area (Å²) in [6.45, 7) is 5.40. The summed E-state index contributed by atoms with van der Waals surface area (Å²) in [6, 6.07) is 4.97. The number of rotatable bonds is 3. The smallest absolute Gasteiger partial charge is 0.269 e. The first-order chi connectivity index (χ1) is 7.94. The van der Waals surface area contributed by atoms with E-state index in [1.807, 2.05) is 13.8 Å². The van der Waals surface area contributed by atoms with Gasteiger partial charge in [0.2, 0.25) is 0 Å². The lowest BCUT2D eigenvalue weighted by atomic mass is 10.1. The highest BCUT2D eigenvalue weighted by Crippen LogP contribution is 2.31. The van der Waals surface area contributed by atoms with Gasteiger partial charge in [0, 0.05) is 30.8 Å². The van der Waals surface area contributed by atoms with Gasteiger partial charge in [-0.2, -0.15) is 0 Å². The SMILES string of the molecule is CC(C)(CO)N1Cc2ccc([N+](=O)[O-])cc2C1. The van der Waals surface area contributed by atoms with Gasteiger partial charge >= 0.3 is 0 Å². The van der Waals surface area contributed by atoms with E-state index in [4.69, 9.17) is 0 Å². The largest absolute Gasteiger partial charge is 0.394 e. The van der Waals surface area contributed by atoms with Crippen LogP contribution in [0.15, 0.2) is 18.2 Å². The number of aliphatic hydroxyl groups is 1. The van der Waals surface area contributed by atoms with Crippen molar-refractivity contribution < 1.29 is 10.0 Å². The Balaban J connectivity index is 2.25. The average Bonchev–Trinajstić information content (AvgIpc) is 2.72. The standard InChI is InChI=1S/C12H16N2O3/c1-12(2,8-15)13-6-9-3-4-11(14(16)17)5-10(9)7-13/h3-5,15H,6-8H2,1-2H3. The molecule has 0 bridgehead atoms. The first-order valence-electron chi connectivity index (χ1n) is 5.56. The van der Waals surface area contributed by atoms with E-state index in [1.165, 1.54) is 6.07 Å². The van der Waals surface area contributed by atoms with Crippen LogP contribution in [0.2, 0.25) is 0 Å². The predicted molar refractivity (Wildman–Crippen MR) is 63.5 cm³/mol. The molecule has 1 aromatic rings. The fourth-order valence-electron chi connectivity index (χ4n) is 2.02. The third-order valence-electron chi connectivity index (χ3n) is 3.37. The Kier molecular flexibility index (Phi) is 2.89. The lowest BCUT2D eigenvalue weighted by Gasteiger charge is -2.33. The van der Waals surface area contributed by atoms with Gasteiger partial charge in [-0.1, -0.05) is 6.07 Å². The molecular formula is C12H16N2O3. The van der Waals surface area contributed by atoms with Crippen LogP contribution in [0.1, 0.15) is 25.0 Å². The zero-order valence-corrected chi connectivity index (χ0v) is 10.0. The van der Waals surface area contributed by atoms with Crippen molar-refractivity contribution in [2.24, 2.45) is 0 Å². The second-order valence-corrected chi connectivity index (χ2v) is 5.04. The van der Waals surface area contributed by atoms with Crippen molar-refractivity contribution in [2.45, 2.75) is 32.5 Å². The van der Waals surface area contributed by atoms with Crippen LogP contribution in [-0.4, -0.2) is 27.1 Å². The van der Waals surface area contributed by atoms with Gasteiger partial charge in [-0.05, 0) is 25.0 Å². The summed E-state index contributed by atoms with van der Waals surface area (Å²) in [6.07, 6.45) is 0. The van der Waals surface area contributed by atoms with Crippen LogP contribution >= 0.6 is 0 Å². The quantitative estimate of drug-likeness (QED) is 0.640. The molecule has 0 atom stereocenters. The summed E-state index contributed by atoms with van der Waals surface area (Å²) in [5, 5.41) is 20.0. The van der Waals surface area contributed by atoms with Crippen LogP contribution in [0.3, 0.4) is 0 Å². The van der Waals surface area contributed by atoms with E-state index in [1.54, 1.807) is 12.1 Å². The van der Waals surface area contributed by atoms with Gasteiger partial charge in [-0.3, -0.25) is 15.0 Å². The predicted octanol–water partition coefficient (Wildman–Crippen LogP) is 1.68. The topological polar surface area (TPSA) is 66.6 Å². The van der Waals surface area contributed by atoms with E-state index >= 15 is 0 Å². The Morgan fingerprint density at radius 3 is 2.65 bits per heavy atom. The van der Waals surface area contributed by atoms with Crippen molar-refractivity contribution in [1.82, 2.24) is 4.90 Å². The molecule has 5 heteroatoms. The molecule has 0 aliphatic carbocycles. The molecule has 0 unspecified atom stereocenters. The highest BCUT2D eigenvalue weighted by Gasteiger charge is 2.31. The molecule has 0 fully saturated rings. The van der Waals surface area contributed by atoms with Gasteiger partial charge in [0.15, 0.2) is 0 Å². The molecule has 0 saturated heterocycles. The fraction of sp³-hybridized carbons (Fsp3) is 0.500. The second-order valence-electron chi connectivity index (χ2n) is 5.04. The highest BCUT2D eigenvalue weighted by molar-refractivity contribution is 5.41. The Bertz CT molecular complexity index is 457. The van der Waals surface area contributed by atoms with Crippen LogP contribution in [0.25, 0.3) is 0 Å². The highest BCUT2D eigenvalue weighted by atomic mass is 16.6. The van der Waals surface area contributed by atoms with E-state index < -0.39 is 0 Å². The van der Waals surface area contributed by atoms with E-state index in [0.717, 1.165) is 17.7 Å². The molecule has 92 valence electrons. The molecule has 2 rings (SSSR count). The van der Waals surface area contributed by atoms with E-state index in [0.29, 0.717) is 6.54 Å². The number of benzene rings is 1. The van der Waals surface area contributed by atoms with Crippen molar-refractivity contribution in [3.05, 3.63) is 39.4 Å². The number of fused-ring (bicyclic) bond motifs is 1. The van der Waals surface area contributed by atoms with Gasteiger partial charge in [0.1, 0.15) is 0 Å². The molecule has 0 radical (unpaired) electrons. The van der Waals surface area contributed by atoms with Crippen molar-refractivity contribution >= 4 is 5.69 Å². The average molecular weight is 236 g/mol. The maximum Gasteiger partial charge on any atom is 0.269 e. The summed E-state index contributed by atoms with van der Waals surface area (Å²) in [7, 11) is 0. The first-order valence-corrected chi connectivity index (χ1v) is 5.56. The Morgan fingerprint density at radius 1 is 1.41 bits per heavy atom. The van der Waals surface area contributed by atoms with Crippen LogP contribution in [0.5, 0.6) is 0 Å². The van der Waals surface area contributed by atoms with E-state index in [2.05, 4.69) is 4.90 Å². The molecule has 1 aliphatic rings. The maximum atomic E-state index is 10.7.